The van der Waals surface area contributed by atoms with Crippen molar-refractivity contribution < 1.29 is 46.0 Å². The molecule has 3 aliphatic rings. The summed E-state index contributed by atoms with van der Waals surface area (Å²) < 4.78 is 74.7. The van der Waals surface area contributed by atoms with Crippen LogP contribution >= 0.6 is 26.3 Å². The van der Waals surface area contributed by atoms with E-state index < -0.39 is 80.8 Å². The van der Waals surface area contributed by atoms with Gasteiger partial charge in [-0.25, -0.2) is 28.3 Å². The zero-order chi connectivity index (χ0) is 31.8. The van der Waals surface area contributed by atoms with Gasteiger partial charge in [0.05, 0.1) is 36.8 Å². The molecule has 10 atom stereocenters. The van der Waals surface area contributed by atoms with Gasteiger partial charge in [0, 0.05) is 6.20 Å². The van der Waals surface area contributed by atoms with Crippen LogP contribution in [0, 0.1) is 0 Å². The van der Waals surface area contributed by atoms with Crippen LogP contribution in [-0.2, 0) is 39.2 Å². The number of nitrogens with one attached hydrogen (secondary N) is 1. The molecule has 3 saturated heterocycles. The van der Waals surface area contributed by atoms with Crippen molar-refractivity contribution in [2.24, 2.45) is 0 Å². The predicted octanol–water partition coefficient (Wildman–Crippen LogP) is 1.05. The summed E-state index contributed by atoms with van der Waals surface area (Å²) in [5, 5.41) is -2.30. The van der Waals surface area contributed by atoms with Crippen LogP contribution in [0.1, 0.15) is 11.6 Å². The molecular weight excluding hydrogens is 686 g/mol. The Labute approximate surface area is 259 Å². The van der Waals surface area contributed by atoms with Crippen molar-refractivity contribution in [1.82, 2.24) is 34.1 Å². The highest BCUT2D eigenvalue weighted by molar-refractivity contribution is 8.07. The molecule has 18 nitrogen and oxygen atoms in total. The van der Waals surface area contributed by atoms with E-state index in [0.29, 0.717) is 0 Å². The van der Waals surface area contributed by atoms with Crippen LogP contribution in [0.3, 0.4) is 0 Å². The second kappa shape index (κ2) is 11.3. The molecule has 4 aromatic rings. The largest absolute Gasteiger partial charge is 0.472 e. The van der Waals surface area contributed by atoms with Crippen molar-refractivity contribution in [1.29, 1.82) is 0 Å². The van der Waals surface area contributed by atoms with Crippen LogP contribution in [0.25, 0.3) is 22.3 Å². The van der Waals surface area contributed by atoms with E-state index in [-0.39, 0.29) is 34.0 Å². The fourth-order valence-electron chi connectivity index (χ4n) is 5.32. The third kappa shape index (κ3) is 5.57. The van der Waals surface area contributed by atoms with Crippen LogP contribution in [-0.4, -0.2) is 93.0 Å². The summed E-state index contributed by atoms with van der Waals surface area (Å²) >= 11 is 6.04. The number of phosphoric acid groups is 1. The molecule has 4 aromatic heterocycles. The Balaban J connectivity index is 1.21. The van der Waals surface area contributed by atoms with E-state index in [2.05, 4.69) is 24.9 Å². The lowest BCUT2D eigenvalue weighted by molar-refractivity contribution is -0.0452. The Morgan fingerprint density at radius 2 is 1.78 bits per heavy atom. The average molecular weight is 710 g/mol. The summed E-state index contributed by atoms with van der Waals surface area (Å²) in [7, 11) is -5.07. The van der Waals surface area contributed by atoms with Crippen molar-refractivity contribution >= 4 is 72.1 Å². The Hall–Kier alpha value is -2.62. The minimum absolute atomic E-state index is 0.0222. The number of H-pyrrole nitrogens is 1. The first-order valence-electron chi connectivity index (χ1n) is 13.0. The van der Waals surface area contributed by atoms with Gasteiger partial charge < -0.3 is 30.5 Å². The molecule has 7 heterocycles. The number of alkyl halides is 2. The number of hydrogen-bond donors (Lipinski definition) is 5. The van der Waals surface area contributed by atoms with Crippen LogP contribution in [0.5, 0.6) is 0 Å². The van der Waals surface area contributed by atoms with E-state index in [0.717, 1.165) is 11.8 Å². The number of ether oxygens (including phenoxy) is 1. The number of nitrogen functional groups attached to an aromatic ring is 2. The molecule has 2 unspecified atom stereocenters. The van der Waals surface area contributed by atoms with Crippen LogP contribution in [0.2, 0.25) is 0 Å². The number of pyridine rings is 1. The van der Waals surface area contributed by atoms with E-state index in [1.54, 1.807) is 0 Å². The first-order chi connectivity index (χ1) is 21.3. The molecule has 7 N–H and O–H groups in total. The van der Waals surface area contributed by atoms with Crippen LogP contribution in [0.4, 0.5) is 20.4 Å². The summed E-state index contributed by atoms with van der Waals surface area (Å²) in [6.45, 7) is -5.75. The normalized spacial score (nSPS) is 37.7. The summed E-state index contributed by atoms with van der Waals surface area (Å²) in [4.78, 5) is 52.6. The third-order valence-electron chi connectivity index (χ3n) is 7.34. The van der Waals surface area contributed by atoms with Gasteiger partial charge >= 0.3 is 14.5 Å². The van der Waals surface area contributed by atoms with Gasteiger partial charge in [-0.1, -0.05) is 0 Å². The lowest BCUT2D eigenvalue weighted by atomic mass is 10.1. The van der Waals surface area contributed by atoms with Gasteiger partial charge in [-0.15, -0.1) is 11.8 Å². The molecule has 24 heteroatoms. The lowest BCUT2D eigenvalue weighted by Crippen LogP contribution is -2.34. The van der Waals surface area contributed by atoms with Crippen molar-refractivity contribution in [3.05, 3.63) is 35.3 Å². The first kappa shape index (κ1) is 31.0. The van der Waals surface area contributed by atoms with Gasteiger partial charge in [-0.2, -0.15) is 4.98 Å². The van der Waals surface area contributed by atoms with Gasteiger partial charge in [0.25, 0.3) is 5.56 Å². The number of nitrogens with zero attached hydrogens (tertiary/aromatic N) is 6. The Kier molecular flexibility index (Phi) is 7.76. The van der Waals surface area contributed by atoms with Crippen molar-refractivity contribution in [3.63, 3.8) is 0 Å². The number of aromatic amines is 1. The number of fused-ring (bicyclic) bond motifs is 5. The quantitative estimate of drug-likeness (QED) is 0.182. The van der Waals surface area contributed by atoms with Crippen molar-refractivity contribution in [2.45, 2.75) is 47.5 Å². The topological polar surface area (TPSA) is 250 Å². The molecule has 0 saturated carbocycles. The SMILES string of the molecule is Nc1nc2c(ncn2[C@@H]2S[C@@H]3COP(=O)(O)O[C@H]4[C@H](F)[C@H](n5cnc6c(N)ccnc65)O[C@@H]4COP(O)(=S)O[C@@H]2[C@@H]3F)c(=O)[nH]1. The van der Waals surface area contributed by atoms with Crippen LogP contribution in [0.15, 0.2) is 29.7 Å². The molecule has 0 aromatic carbocycles. The smallest absolute Gasteiger partial charge is 0.397 e. The maximum Gasteiger partial charge on any atom is 0.472 e. The van der Waals surface area contributed by atoms with E-state index in [9.17, 15) is 19.1 Å². The number of aromatic nitrogens is 7. The van der Waals surface area contributed by atoms with Crippen molar-refractivity contribution in [2.75, 3.05) is 24.7 Å². The third-order valence-corrected chi connectivity index (χ3v) is 11.4. The second-order valence-electron chi connectivity index (χ2n) is 10.2. The summed E-state index contributed by atoms with van der Waals surface area (Å²) in [5.74, 6) is -0.235. The van der Waals surface area contributed by atoms with Gasteiger partial charge in [0.2, 0.25) is 5.95 Å². The zero-order valence-electron chi connectivity index (χ0n) is 22.4. The summed E-state index contributed by atoms with van der Waals surface area (Å²) in [5.41, 5.74) is 11.5. The molecule has 0 radical (unpaired) electrons. The number of halogens is 2. The highest BCUT2D eigenvalue weighted by Crippen LogP contribution is 2.57. The molecule has 242 valence electrons. The molecule has 45 heavy (non-hydrogen) atoms. The molecule has 3 aliphatic heterocycles. The molecular formula is C21H23F2N9O9P2S2. The number of nitrogens with two attached hydrogens (primary N) is 2. The fraction of sp³-hybridized carbons (Fsp3) is 0.476. The number of phosphoric ester groups is 1. The lowest BCUT2D eigenvalue weighted by Gasteiger charge is -2.27. The second-order valence-corrected chi connectivity index (χ2v) is 15.7. The number of imidazole rings is 2. The number of thioether (sulfide) groups is 1. The molecule has 7 rings (SSSR count). The first-order valence-corrected chi connectivity index (χ1v) is 18.0. The maximum atomic E-state index is 15.9. The standard InChI is InChI=1S/C21H23F2N9O9P2S2/c22-10-9-4-37-42(34,35)40-14-8(39-19(11(14)23)31-5-27-12-7(24)1-2-26-16(12)31)3-38-43(36,44)41-15(10)20(45-9)32-6-28-13-17(32)29-21(25)30-18(13)33/h1-2,5-6,8-11,14-15,19-20H,3-4H2,(H2,24,26)(H,34,35)(H,36,44)(H3,25,29,30,33)/t8-,9-,10-,11+,14-,15-,19-,20-,43?/m1/s1. The van der Waals surface area contributed by atoms with Gasteiger partial charge in [0.1, 0.15) is 35.4 Å². The van der Waals surface area contributed by atoms with Gasteiger partial charge in [-0.05, 0) is 17.9 Å². The number of hydrogen-bond acceptors (Lipinski definition) is 15. The van der Waals surface area contributed by atoms with E-state index in [1.165, 1.54) is 34.1 Å². The summed E-state index contributed by atoms with van der Waals surface area (Å²) in [6, 6.07) is 1.50. The fourth-order valence-corrected chi connectivity index (χ4v) is 9.34. The monoisotopic (exact) mass is 709 g/mol. The maximum absolute atomic E-state index is 15.9. The molecule has 2 bridgehead atoms. The Bertz CT molecular complexity index is 1950. The van der Waals surface area contributed by atoms with Gasteiger partial charge in [0.15, 0.2) is 29.2 Å². The molecule has 3 fully saturated rings. The Morgan fingerprint density at radius 3 is 2.58 bits per heavy atom. The van der Waals surface area contributed by atoms with Crippen LogP contribution < -0.4 is 17.0 Å². The Morgan fingerprint density at radius 1 is 1.02 bits per heavy atom. The summed E-state index contributed by atoms with van der Waals surface area (Å²) in [6.07, 6.45) is -6.57. The zero-order valence-corrected chi connectivity index (χ0v) is 25.8. The predicted molar refractivity (Wildman–Crippen MR) is 157 cm³/mol. The van der Waals surface area contributed by atoms with E-state index in [1.807, 2.05) is 0 Å². The number of rotatable bonds is 2. The number of anilines is 2. The van der Waals surface area contributed by atoms with Crippen molar-refractivity contribution in [3.8, 4) is 0 Å². The molecule has 0 aliphatic carbocycles. The minimum Gasteiger partial charge on any atom is -0.397 e. The highest BCUT2D eigenvalue weighted by atomic mass is 32.5. The van der Waals surface area contributed by atoms with Gasteiger partial charge in [-0.3, -0.25) is 32.5 Å². The van der Waals surface area contributed by atoms with E-state index >= 15 is 8.78 Å². The average Bonchev–Trinajstić information content (AvgIpc) is 3.72. The highest BCUT2D eigenvalue weighted by Gasteiger charge is 2.54. The van der Waals surface area contributed by atoms with E-state index in [4.69, 9.17) is 46.1 Å². The minimum atomic E-state index is -5.07. The molecule has 0 spiro atoms. The molecule has 0 amide bonds.